The number of piperazine rings is 1. The van der Waals surface area contributed by atoms with Crippen molar-refractivity contribution in [2.24, 2.45) is 23.7 Å². The Bertz CT molecular complexity index is 816. The van der Waals surface area contributed by atoms with E-state index in [2.05, 4.69) is 53.1 Å². The van der Waals surface area contributed by atoms with Crippen LogP contribution in [0, 0.1) is 30.6 Å². The smallest absolute Gasteiger partial charge is 0.233 e. The van der Waals surface area contributed by atoms with Gasteiger partial charge < -0.3 is 10.0 Å². The van der Waals surface area contributed by atoms with Crippen LogP contribution in [0.5, 0.6) is 0 Å². The first-order valence-electron chi connectivity index (χ1n) is 10.8. The fourth-order valence-electron chi connectivity index (χ4n) is 5.80. The Balaban J connectivity index is 1.15. The third kappa shape index (κ3) is 3.19. The molecular weight excluding hydrogens is 366 g/mol. The number of hydrogen-bond donors (Lipinski definition) is 1. The van der Waals surface area contributed by atoms with Gasteiger partial charge in [0.15, 0.2) is 0 Å². The Morgan fingerprint density at radius 3 is 2.21 bits per heavy atom. The highest BCUT2D eigenvalue weighted by molar-refractivity contribution is 6.06. The number of hydrogen-bond acceptors (Lipinski definition) is 5. The second-order valence-electron chi connectivity index (χ2n) is 9.01. The number of benzene rings is 1. The van der Waals surface area contributed by atoms with Gasteiger partial charge in [-0.05, 0) is 36.8 Å². The van der Waals surface area contributed by atoms with Gasteiger partial charge in [-0.25, -0.2) is 0 Å². The molecule has 2 aliphatic carbocycles. The number of aliphatic hydroxyl groups excluding tert-OH is 1. The highest BCUT2D eigenvalue weighted by Gasteiger charge is 2.59. The monoisotopic (exact) mass is 395 g/mol. The fourth-order valence-corrected chi connectivity index (χ4v) is 5.80. The van der Waals surface area contributed by atoms with Gasteiger partial charge in [-0.15, -0.1) is 0 Å². The largest absolute Gasteiger partial charge is 0.390 e. The molecule has 6 heteroatoms. The van der Waals surface area contributed by atoms with Crippen LogP contribution in [0.4, 0.5) is 5.69 Å². The van der Waals surface area contributed by atoms with Crippen molar-refractivity contribution in [3.05, 3.63) is 42.0 Å². The van der Waals surface area contributed by atoms with Crippen molar-refractivity contribution in [2.75, 3.05) is 44.2 Å². The molecule has 0 aromatic heterocycles. The third-order valence-corrected chi connectivity index (χ3v) is 7.25. The molecule has 0 spiro atoms. The number of allylic oxidation sites excluding steroid dienone is 2. The van der Waals surface area contributed by atoms with E-state index in [1.807, 2.05) is 0 Å². The van der Waals surface area contributed by atoms with E-state index in [1.165, 1.54) is 16.2 Å². The molecule has 4 aliphatic rings. The zero-order chi connectivity index (χ0) is 20.1. The number of rotatable bonds is 5. The van der Waals surface area contributed by atoms with Gasteiger partial charge in [-0.1, -0.05) is 30.4 Å². The molecule has 5 rings (SSSR count). The van der Waals surface area contributed by atoms with Crippen molar-refractivity contribution >= 4 is 17.5 Å². The SMILES string of the molecule is Cc1ccccc1N1CCN(CC(O)CN2C(=O)C3C4C=C[C@@H](C4)[C@@H]3C2=O)CC1. The maximum atomic E-state index is 12.8. The fraction of sp³-hybridized carbons (Fsp3) is 0.565. The van der Waals surface area contributed by atoms with E-state index in [4.69, 9.17) is 0 Å². The standard InChI is InChI=1S/C23H29N3O3/c1-15-4-2-3-5-19(15)25-10-8-24(9-11-25)13-18(27)14-26-22(28)20-16-6-7-17(12-16)21(20)23(26)29/h2-7,16-18,20-21,27H,8-14H2,1H3/t16-,17?,18?,20-,21?/m0/s1. The van der Waals surface area contributed by atoms with Crippen LogP contribution in [0.25, 0.3) is 0 Å². The van der Waals surface area contributed by atoms with Gasteiger partial charge in [0.05, 0.1) is 24.5 Å². The summed E-state index contributed by atoms with van der Waals surface area (Å²) < 4.78 is 0. The van der Waals surface area contributed by atoms with E-state index >= 15 is 0 Å². The van der Waals surface area contributed by atoms with Crippen molar-refractivity contribution < 1.29 is 14.7 Å². The molecule has 6 nitrogen and oxygen atoms in total. The van der Waals surface area contributed by atoms with E-state index < -0.39 is 6.10 Å². The van der Waals surface area contributed by atoms with E-state index in [1.54, 1.807) is 0 Å². The molecule has 2 heterocycles. The molecule has 1 N–H and O–H groups in total. The molecule has 2 amide bonds. The number of amides is 2. The van der Waals surface area contributed by atoms with Gasteiger partial charge in [0.1, 0.15) is 0 Å². The summed E-state index contributed by atoms with van der Waals surface area (Å²) in [5.74, 6) is -0.0542. The molecule has 154 valence electrons. The molecule has 0 radical (unpaired) electrons. The minimum atomic E-state index is -0.697. The lowest BCUT2D eigenvalue weighted by molar-refractivity contribution is -0.142. The van der Waals surface area contributed by atoms with Crippen molar-refractivity contribution in [3.63, 3.8) is 0 Å². The maximum Gasteiger partial charge on any atom is 0.233 e. The van der Waals surface area contributed by atoms with Crippen LogP contribution >= 0.6 is 0 Å². The Kier molecular flexibility index (Phi) is 4.71. The van der Waals surface area contributed by atoms with Gasteiger partial charge in [0, 0.05) is 38.4 Å². The lowest BCUT2D eigenvalue weighted by atomic mass is 9.85. The second-order valence-corrected chi connectivity index (χ2v) is 9.01. The van der Waals surface area contributed by atoms with Crippen molar-refractivity contribution in [3.8, 4) is 0 Å². The number of likely N-dealkylation sites (tertiary alicyclic amines) is 1. The number of carbonyl (C=O) groups is 2. The van der Waals surface area contributed by atoms with Gasteiger partial charge in [0.25, 0.3) is 0 Å². The van der Waals surface area contributed by atoms with Crippen LogP contribution in [-0.4, -0.2) is 72.1 Å². The highest BCUT2D eigenvalue weighted by atomic mass is 16.3. The summed E-state index contributed by atoms with van der Waals surface area (Å²) in [7, 11) is 0. The molecule has 1 saturated carbocycles. The molecule has 2 saturated heterocycles. The molecule has 3 unspecified atom stereocenters. The molecule has 1 aromatic rings. The Morgan fingerprint density at radius 2 is 1.59 bits per heavy atom. The van der Waals surface area contributed by atoms with E-state index in [0.29, 0.717) is 6.54 Å². The number of β-amino-alcohol motifs (C(OH)–C–C–N with tert-alkyl or cyclic N) is 1. The second kappa shape index (κ2) is 7.26. The number of carbonyl (C=O) groups excluding carboxylic acids is 2. The molecule has 2 aliphatic heterocycles. The summed E-state index contributed by atoms with van der Waals surface area (Å²) >= 11 is 0. The lowest BCUT2D eigenvalue weighted by Gasteiger charge is -2.37. The first-order valence-corrected chi connectivity index (χ1v) is 10.8. The van der Waals surface area contributed by atoms with Crippen LogP contribution < -0.4 is 4.90 Å². The van der Waals surface area contributed by atoms with Gasteiger partial charge in [-0.2, -0.15) is 0 Å². The van der Waals surface area contributed by atoms with Crippen LogP contribution in [0.1, 0.15) is 12.0 Å². The number of nitrogens with zero attached hydrogens (tertiary/aromatic N) is 3. The number of aliphatic hydroxyl groups is 1. The van der Waals surface area contributed by atoms with Crippen molar-refractivity contribution in [2.45, 2.75) is 19.4 Å². The minimum absolute atomic E-state index is 0.0692. The maximum absolute atomic E-state index is 12.8. The van der Waals surface area contributed by atoms with Crippen molar-refractivity contribution in [1.29, 1.82) is 0 Å². The number of anilines is 1. The Morgan fingerprint density at radius 1 is 0.966 bits per heavy atom. The zero-order valence-corrected chi connectivity index (χ0v) is 16.9. The number of fused-ring (bicyclic) bond motifs is 5. The number of imide groups is 1. The third-order valence-electron chi connectivity index (χ3n) is 7.25. The average Bonchev–Trinajstić information content (AvgIpc) is 3.39. The van der Waals surface area contributed by atoms with E-state index in [0.717, 1.165) is 32.6 Å². The predicted octanol–water partition coefficient (Wildman–Crippen LogP) is 1.29. The highest BCUT2D eigenvalue weighted by Crippen LogP contribution is 2.52. The van der Waals surface area contributed by atoms with Crippen LogP contribution in [0.15, 0.2) is 36.4 Å². The molecule has 3 fully saturated rings. The predicted molar refractivity (Wildman–Crippen MR) is 110 cm³/mol. The van der Waals surface area contributed by atoms with E-state index in [9.17, 15) is 14.7 Å². The summed E-state index contributed by atoms with van der Waals surface area (Å²) in [5.41, 5.74) is 2.55. The lowest BCUT2D eigenvalue weighted by Crippen LogP contribution is -2.50. The van der Waals surface area contributed by atoms with Crippen molar-refractivity contribution in [1.82, 2.24) is 9.80 Å². The average molecular weight is 396 g/mol. The summed E-state index contributed by atoms with van der Waals surface area (Å²) in [5, 5.41) is 10.6. The van der Waals surface area contributed by atoms with E-state index in [-0.39, 0.29) is 42.0 Å². The van der Waals surface area contributed by atoms with Crippen LogP contribution in [-0.2, 0) is 9.59 Å². The van der Waals surface area contributed by atoms with Gasteiger partial charge >= 0.3 is 0 Å². The molecule has 1 aromatic carbocycles. The molecular formula is C23H29N3O3. The first-order chi connectivity index (χ1) is 14.0. The van der Waals surface area contributed by atoms with Gasteiger partial charge in [-0.3, -0.25) is 19.4 Å². The first kappa shape index (κ1) is 18.8. The summed E-state index contributed by atoms with van der Waals surface area (Å²) in [6, 6.07) is 8.41. The van der Waals surface area contributed by atoms with Gasteiger partial charge in [0.2, 0.25) is 11.8 Å². The van der Waals surface area contributed by atoms with Crippen LogP contribution in [0.3, 0.4) is 0 Å². The normalized spacial score (nSPS) is 32.3. The molecule has 5 atom stereocenters. The minimum Gasteiger partial charge on any atom is -0.390 e. The summed E-state index contributed by atoms with van der Waals surface area (Å²) in [6.07, 6.45) is 4.45. The van der Waals surface area contributed by atoms with Crippen LogP contribution in [0.2, 0.25) is 0 Å². The number of para-hydroxylation sites is 1. The Labute approximate surface area is 171 Å². The Hall–Kier alpha value is -2.18. The zero-order valence-electron chi connectivity index (χ0n) is 16.9. The molecule has 2 bridgehead atoms. The summed E-state index contributed by atoms with van der Waals surface area (Å²) in [6.45, 7) is 6.32. The molecule has 29 heavy (non-hydrogen) atoms. The number of aryl methyl sites for hydroxylation is 1. The summed E-state index contributed by atoms with van der Waals surface area (Å²) in [4.78, 5) is 31.5. The topological polar surface area (TPSA) is 64.1 Å². The quantitative estimate of drug-likeness (QED) is 0.601.